The third kappa shape index (κ3) is 3.96. The van der Waals surface area contributed by atoms with Crippen LogP contribution in [-0.4, -0.2) is 37.0 Å². The topological polar surface area (TPSA) is 68.0 Å². The van der Waals surface area contributed by atoms with E-state index >= 15 is 0 Å². The van der Waals surface area contributed by atoms with E-state index in [9.17, 15) is 13.6 Å². The molecule has 130 valence electrons. The fourth-order valence-corrected chi connectivity index (χ4v) is 2.96. The predicted molar refractivity (Wildman–Crippen MR) is 92.8 cm³/mol. The molecule has 1 aliphatic rings. The van der Waals surface area contributed by atoms with E-state index in [0.29, 0.717) is 0 Å². The summed E-state index contributed by atoms with van der Waals surface area (Å²) in [5, 5.41) is 14.0. The summed E-state index contributed by atoms with van der Waals surface area (Å²) >= 11 is 3.82. The number of carboxylic acid groups (broad SMARTS) is 1. The minimum Gasteiger partial charge on any atom is -0.478 e. The van der Waals surface area contributed by atoms with Gasteiger partial charge in [0.15, 0.2) is 5.65 Å². The lowest BCUT2D eigenvalue weighted by molar-refractivity contribution is -0.0662. The van der Waals surface area contributed by atoms with Crippen LogP contribution in [0.4, 0.5) is 8.78 Å². The predicted octanol–water partition coefficient (Wildman–Crippen LogP) is 3.83. The first-order valence-corrected chi connectivity index (χ1v) is 8.06. The molecular weight excluding hydrogens is 348 g/mol. The number of aromatic nitrogens is 3. The minimum atomic E-state index is -2.38. The summed E-state index contributed by atoms with van der Waals surface area (Å²) in [6, 6.07) is 10.3. The minimum absolute atomic E-state index is 0.0316. The maximum atomic E-state index is 11.7. The fourth-order valence-electron chi connectivity index (χ4n) is 2.43. The Morgan fingerprint density at radius 2 is 1.92 bits per heavy atom. The highest BCUT2D eigenvalue weighted by atomic mass is 32.1. The van der Waals surface area contributed by atoms with Gasteiger partial charge in [0.05, 0.1) is 17.4 Å². The standard InChI is InChI=1S/C13H9N3O2.C4H6F2S/c17-13(18)9-3-5-11(6-4-9)16-12-10(8-15-16)2-1-7-14-12;5-4(6)1-3(7)2-4/h1-8H,(H,17,18);3,7H,1-2H2. The van der Waals surface area contributed by atoms with E-state index in [4.69, 9.17) is 5.11 Å². The zero-order valence-corrected chi connectivity index (χ0v) is 13.9. The second-order valence-corrected chi connectivity index (χ2v) is 6.47. The molecule has 0 amide bonds. The first-order valence-electron chi connectivity index (χ1n) is 7.54. The van der Waals surface area contributed by atoms with E-state index in [1.54, 1.807) is 41.3 Å². The molecular formula is C17H15F2N3O2S. The number of halogens is 2. The Hall–Kier alpha value is -2.48. The van der Waals surface area contributed by atoms with Crippen molar-refractivity contribution in [2.45, 2.75) is 24.0 Å². The second-order valence-electron chi connectivity index (χ2n) is 5.74. The summed E-state index contributed by atoms with van der Waals surface area (Å²) in [5.74, 6) is -3.32. The molecule has 0 bridgehead atoms. The van der Waals surface area contributed by atoms with Crippen molar-refractivity contribution in [2.24, 2.45) is 0 Å². The summed E-state index contributed by atoms with van der Waals surface area (Å²) in [6.45, 7) is 0. The number of thiol groups is 1. The van der Waals surface area contributed by atoms with Crippen molar-refractivity contribution in [1.29, 1.82) is 0 Å². The lowest BCUT2D eigenvalue weighted by Gasteiger charge is -2.30. The van der Waals surface area contributed by atoms with Crippen molar-refractivity contribution in [1.82, 2.24) is 14.8 Å². The molecule has 2 heterocycles. The summed E-state index contributed by atoms with van der Waals surface area (Å²) in [5.41, 5.74) is 1.79. The molecule has 0 atom stereocenters. The molecule has 8 heteroatoms. The highest BCUT2D eigenvalue weighted by Crippen LogP contribution is 2.40. The van der Waals surface area contributed by atoms with Crippen LogP contribution >= 0.6 is 12.6 Å². The van der Waals surface area contributed by atoms with Crippen LogP contribution in [0.5, 0.6) is 0 Å². The molecule has 1 fully saturated rings. The Bertz CT molecular complexity index is 888. The maximum absolute atomic E-state index is 11.7. The van der Waals surface area contributed by atoms with Gasteiger partial charge in [-0.05, 0) is 36.4 Å². The highest BCUT2D eigenvalue weighted by Gasteiger charge is 2.43. The first kappa shape index (κ1) is 17.3. The van der Waals surface area contributed by atoms with E-state index in [0.717, 1.165) is 16.7 Å². The zero-order chi connectivity index (χ0) is 18.0. The van der Waals surface area contributed by atoms with E-state index < -0.39 is 11.9 Å². The van der Waals surface area contributed by atoms with Crippen LogP contribution in [0.1, 0.15) is 23.2 Å². The Morgan fingerprint density at radius 3 is 2.44 bits per heavy atom. The zero-order valence-electron chi connectivity index (χ0n) is 13.0. The van der Waals surface area contributed by atoms with E-state index in [-0.39, 0.29) is 23.7 Å². The second kappa shape index (κ2) is 6.79. The van der Waals surface area contributed by atoms with Crippen molar-refractivity contribution in [2.75, 3.05) is 0 Å². The molecule has 1 saturated carbocycles. The molecule has 0 aliphatic heterocycles. The van der Waals surface area contributed by atoms with Gasteiger partial charge in [-0.15, -0.1) is 0 Å². The number of hydrogen-bond donors (Lipinski definition) is 2. The lowest BCUT2D eigenvalue weighted by atomic mass is 9.94. The van der Waals surface area contributed by atoms with Gasteiger partial charge in [0.1, 0.15) is 0 Å². The monoisotopic (exact) mass is 363 g/mol. The molecule has 0 unspecified atom stereocenters. The number of nitrogens with zero attached hydrogens (tertiary/aromatic N) is 3. The summed E-state index contributed by atoms with van der Waals surface area (Å²) in [7, 11) is 0. The fraction of sp³-hybridized carbons (Fsp3) is 0.235. The number of carboxylic acids is 1. The van der Waals surface area contributed by atoms with Crippen LogP contribution < -0.4 is 0 Å². The van der Waals surface area contributed by atoms with Gasteiger partial charge in [0, 0.05) is 29.7 Å². The average molecular weight is 363 g/mol. The molecule has 1 N–H and O–H groups in total. The molecule has 5 nitrogen and oxygen atoms in total. The molecule has 4 rings (SSSR count). The van der Waals surface area contributed by atoms with Gasteiger partial charge in [-0.1, -0.05) is 0 Å². The van der Waals surface area contributed by atoms with Gasteiger partial charge < -0.3 is 5.11 Å². The number of alkyl halides is 2. The average Bonchev–Trinajstić information content (AvgIpc) is 2.98. The van der Waals surface area contributed by atoms with Crippen LogP contribution in [0.15, 0.2) is 48.8 Å². The quantitative estimate of drug-likeness (QED) is 0.679. The van der Waals surface area contributed by atoms with Crippen molar-refractivity contribution < 1.29 is 18.7 Å². The number of aromatic carboxylic acids is 1. The van der Waals surface area contributed by atoms with Crippen LogP contribution in [0.25, 0.3) is 16.7 Å². The highest BCUT2D eigenvalue weighted by molar-refractivity contribution is 7.81. The number of benzene rings is 1. The van der Waals surface area contributed by atoms with Crippen molar-refractivity contribution in [3.8, 4) is 5.69 Å². The third-order valence-electron chi connectivity index (χ3n) is 3.76. The van der Waals surface area contributed by atoms with Crippen LogP contribution in [0.3, 0.4) is 0 Å². The van der Waals surface area contributed by atoms with E-state index in [1.165, 1.54) is 0 Å². The summed E-state index contributed by atoms with van der Waals surface area (Å²) in [4.78, 5) is 15.0. The molecule has 0 radical (unpaired) electrons. The van der Waals surface area contributed by atoms with E-state index in [1.807, 2.05) is 12.1 Å². The van der Waals surface area contributed by atoms with Gasteiger partial charge in [0.25, 0.3) is 0 Å². The van der Waals surface area contributed by atoms with Crippen molar-refractivity contribution in [3.63, 3.8) is 0 Å². The number of carbonyl (C=O) groups is 1. The number of pyridine rings is 1. The van der Waals surface area contributed by atoms with Crippen molar-refractivity contribution >= 4 is 29.6 Å². The molecule has 1 aliphatic carbocycles. The molecule has 0 spiro atoms. The molecule has 25 heavy (non-hydrogen) atoms. The van der Waals surface area contributed by atoms with Gasteiger partial charge in [-0.25, -0.2) is 23.2 Å². The first-order chi connectivity index (χ1) is 11.9. The van der Waals surface area contributed by atoms with Gasteiger partial charge in [-0.2, -0.15) is 17.7 Å². The molecule has 1 aromatic carbocycles. The number of rotatable bonds is 2. The van der Waals surface area contributed by atoms with Crippen LogP contribution in [0, 0.1) is 0 Å². The lowest BCUT2D eigenvalue weighted by Crippen LogP contribution is -2.35. The smallest absolute Gasteiger partial charge is 0.335 e. The largest absolute Gasteiger partial charge is 0.478 e. The Labute approximate surface area is 147 Å². The Kier molecular flexibility index (Phi) is 4.71. The van der Waals surface area contributed by atoms with Gasteiger partial charge >= 0.3 is 5.97 Å². The number of fused-ring (bicyclic) bond motifs is 1. The molecule has 2 aromatic heterocycles. The summed E-state index contributed by atoms with van der Waals surface area (Å²) < 4.78 is 25.2. The van der Waals surface area contributed by atoms with E-state index in [2.05, 4.69) is 22.7 Å². The Balaban J connectivity index is 0.000000219. The van der Waals surface area contributed by atoms with Gasteiger partial charge in [0.2, 0.25) is 5.92 Å². The molecule has 0 saturated heterocycles. The number of hydrogen-bond acceptors (Lipinski definition) is 4. The van der Waals surface area contributed by atoms with Crippen molar-refractivity contribution in [3.05, 3.63) is 54.4 Å². The normalized spacial score (nSPS) is 16.0. The molecule has 3 aromatic rings. The van der Waals surface area contributed by atoms with Crippen LogP contribution in [0.2, 0.25) is 0 Å². The Morgan fingerprint density at radius 1 is 1.24 bits per heavy atom. The SMILES string of the molecule is FC1(F)CC(S)C1.O=C(O)c1ccc(-n2ncc3cccnc32)cc1. The van der Waals surface area contributed by atoms with Gasteiger partial charge in [-0.3, -0.25) is 0 Å². The third-order valence-corrected chi connectivity index (χ3v) is 4.12. The van der Waals surface area contributed by atoms with Crippen LogP contribution in [-0.2, 0) is 0 Å². The maximum Gasteiger partial charge on any atom is 0.335 e. The summed E-state index contributed by atoms with van der Waals surface area (Å²) in [6.07, 6.45) is 3.37.